The van der Waals surface area contributed by atoms with Crippen LogP contribution in [0.2, 0.25) is 0 Å². The summed E-state index contributed by atoms with van der Waals surface area (Å²) in [6.45, 7) is 5.24. The summed E-state index contributed by atoms with van der Waals surface area (Å²) in [6, 6.07) is 25.7. The van der Waals surface area contributed by atoms with Crippen molar-refractivity contribution in [2.75, 3.05) is 0 Å². The molecule has 206 valence electrons. The number of rotatable bonds is 11. The fraction of sp³-hybridized carbons (Fsp3) is 0.290. The molecule has 8 heteroatoms. The van der Waals surface area contributed by atoms with E-state index in [1.807, 2.05) is 60.7 Å². The average Bonchev–Trinajstić information content (AvgIpc) is 2.90. The van der Waals surface area contributed by atoms with Crippen LogP contribution in [-0.4, -0.2) is 38.1 Å². The number of sulfone groups is 1. The quantitative estimate of drug-likeness (QED) is 0.342. The fourth-order valence-electron chi connectivity index (χ4n) is 3.86. The van der Waals surface area contributed by atoms with Crippen LogP contribution in [0.4, 0.5) is 4.79 Å². The second-order valence-corrected chi connectivity index (χ2v) is 12.0. The molecule has 0 aliphatic carbocycles. The van der Waals surface area contributed by atoms with E-state index in [2.05, 4.69) is 10.6 Å². The second-order valence-electron chi connectivity index (χ2n) is 10.2. The molecule has 2 amide bonds. The summed E-state index contributed by atoms with van der Waals surface area (Å²) >= 11 is 0. The summed E-state index contributed by atoms with van der Waals surface area (Å²) in [5.74, 6) is -0.440. The minimum Gasteiger partial charge on any atom is -0.444 e. The summed E-state index contributed by atoms with van der Waals surface area (Å²) in [4.78, 5) is 26.2. The van der Waals surface area contributed by atoms with Crippen molar-refractivity contribution < 1.29 is 22.7 Å². The Balaban J connectivity index is 1.82. The number of benzene rings is 3. The molecule has 2 N–H and O–H groups in total. The van der Waals surface area contributed by atoms with Gasteiger partial charge in [0, 0.05) is 17.9 Å². The van der Waals surface area contributed by atoms with Gasteiger partial charge >= 0.3 is 6.09 Å². The molecule has 0 aliphatic heterocycles. The van der Waals surface area contributed by atoms with Crippen LogP contribution in [0.15, 0.2) is 107 Å². The molecule has 0 radical (unpaired) electrons. The predicted molar refractivity (Wildman–Crippen MR) is 153 cm³/mol. The molecule has 0 aromatic heterocycles. The van der Waals surface area contributed by atoms with Crippen molar-refractivity contribution in [2.45, 2.75) is 62.6 Å². The first-order valence-electron chi connectivity index (χ1n) is 12.9. The van der Waals surface area contributed by atoms with Crippen LogP contribution < -0.4 is 10.6 Å². The zero-order valence-electron chi connectivity index (χ0n) is 22.5. The van der Waals surface area contributed by atoms with Crippen LogP contribution in [0.5, 0.6) is 0 Å². The molecular weight excluding hydrogens is 512 g/mol. The van der Waals surface area contributed by atoms with Crippen molar-refractivity contribution in [1.82, 2.24) is 10.6 Å². The molecule has 2 atom stereocenters. The zero-order chi connectivity index (χ0) is 28.3. The first-order chi connectivity index (χ1) is 18.5. The average molecular weight is 549 g/mol. The number of amides is 2. The van der Waals surface area contributed by atoms with Gasteiger partial charge in [0.2, 0.25) is 5.91 Å². The molecule has 0 saturated carbocycles. The third-order valence-electron chi connectivity index (χ3n) is 5.77. The number of carbonyl (C=O) groups is 2. The SMILES string of the molecule is CC(C)(C)OC(=O)N[C@H](Cc1ccccc1)C(=O)N[C@H](/C=C/S(=O)(=O)c1ccccc1)CCc1ccccc1. The van der Waals surface area contributed by atoms with Crippen LogP contribution in [-0.2, 0) is 32.2 Å². The molecule has 3 aromatic rings. The highest BCUT2D eigenvalue weighted by molar-refractivity contribution is 7.94. The molecule has 0 spiro atoms. The van der Waals surface area contributed by atoms with Gasteiger partial charge < -0.3 is 15.4 Å². The second kappa shape index (κ2) is 13.8. The summed E-state index contributed by atoms with van der Waals surface area (Å²) in [5.41, 5.74) is 1.19. The van der Waals surface area contributed by atoms with Crippen LogP contribution in [0.1, 0.15) is 38.3 Å². The molecule has 0 saturated heterocycles. The third kappa shape index (κ3) is 10.4. The van der Waals surface area contributed by atoms with E-state index in [1.54, 1.807) is 39.0 Å². The van der Waals surface area contributed by atoms with Crippen LogP contribution in [0.3, 0.4) is 0 Å². The minimum absolute atomic E-state index is 0.169. The first kappa shape index (κ1) is 29.6. The van der Waals surface area contributed by atoms with Gasteiger partial charge in [-0.1, -0.05) is 84.9 Å². The number of hydrogen-bond donors (Lipinski definition) is 2. The van der Waals surface area contributed by atoms with E-state index in [0.29, 0.717) is 12.8 Å². The largest absolute Gasteiger partial charge is 0.444 e. The number of ether oxygens (including phenoxy) is 1. The van der Waals surface area contributed by atoms with E-state index in [-0.39, 0.29) is 11.3 Å². The van der Waals surface area contributed by atoms with Crippen molar-refractivity contribution in [3.05, 3.63) is 114 Å². The molecule has 7 nitrogen and oxygen atoms in total. The molecule has 0 unspecified atom stereocenters. The summed E-state index contributed by atoms with van der Waals surface area (Å²) in [7, 11) is -3.70. The summed E-state index contributed by atoms with van der Waals surface area (Å²) < 4.78 is 31.1. The van der Waals surface area contributed by atoms with E-state index < -0.39 is 39.5 Å². The first-order valence-corrected chi connectivity index (χ1v) is 14.4. The van der Waals surface area contributed by atoms with Gasteiger partial charge in [0.05, 0.1) is 4.90 Å². The predicted octanol–water partition coefficient (Wildman–Crippen LogP) is 5.23. The molecule has 0 aliphatic rings. The lowest BCUT2D eigenvalue weighted by atomic mass is 10.0. The topological polar surface area (TPSA) is 102 Å². The van der Waals surface area contributed by atoms with E-state index in [1.165, 1.54) is 18.2 Å². The lowest BCUT2D eigenvalue weighted by Gasteiger charge is -2.25. The van der Waals surface area contributed by atoms with Gasteiger partial charge in [0.25, 0.3) is 0 Å². The summed E-state index contributed by atoms with van der Waals surface area (Å²) in [6.07, 6.45) is 2.10. The van der Waals surface area contributed by atoms with Crippen molar-refractivity contribution in [3.8, 4) is 0 Å². The van der Waals surface area contributed by atoms with Crippen LogP contribution in [0, 0.1) is 0 Å². The Morgan fingerprint density at radius 3 is 1.92 bits per heavy atom. The Kier molecular flexibility index (Phi) is 10.5. The van der Waals surface area contributed by atoms with Crippen molar-refractivity contribution >= 4 is 21.8 Å². The van der Waals surface area contributed by atoms with E-state index in [0.717, 1.165) is 16.5 Å². The number of aryl methyl sites for hydroxylation is 1. The highest BCUT2D eigenvalue weighted by Crippen LogP contribution is 2.14. The maximum absolute atomic E-state index is 13.5. The van der Waals surface area contributed by atoms with E-state index in [4.69, 9.17) is 4.74 Å². The number of carbonyl (C=O) groups excluding carboxylic acids is 2. The molecule has 0 fully saturated rings. The van der Waals surface area contributed by atoms with Crippen molar-refractivity contribution in [2.24, 2.45) is 0 Å². The van der Waals surface area contributed by atoms with Gasteiger partial charge in [-0.3, -0.25) is 4.79 Å². The maximum atomic E-state index is 13.5. The lowest BCUT2D eigenvalue weighted by Crippen LogP contribution is -2.51. The smallest absolute Gasteiger partial charge is 0.408 e. The normalized spacial score (nSPS) is 13.4. The van der Waals surface area contributed by atoms with E-state index >= 15 is 0 Å². The monoisotopic (exact) mass is 548 g/mol. The Morgan fingerprint density at radius 2 is 1.36 bits per heavy atom. The Hall–Kier alpha value is -3.91. The van der Waals surface area contributed by atoms with Gasteiger partial charge in [0.15, 0.2) is 9.84 Å². The Morgan fingerprint density at radius 1 is 0.821 bits per heavy atom. The minimum atomic E-state index is -3.70. The van der Waals surface area contributed by atoms with Gasteiger partial charge in [-0.15, -0.1) is 0 Å². The fourth-order valence-corrected chi connectivity index (χ4v) is 4.95. The van der Waals surface area contributed by atoms with Gasteiger partial charge in [-0.2, -0.15) is 0 Å². The number of hydrogen-bond acceptors (Lipinski definition) is 5. The van der Waals surface area contributed by atoms with Crippen molar-refractivity contribution in [1.29, 1.82) is 0 Å². The Labute approximate surface area is 231 Å². The Bertz CT molecular complexity index is 1340. The highest BCUT2D eigenvalue weighted by atomic mass is 32.2. The van der Waals surface area contributed by atoms with Crippen LogP contribution >= 0.6 is 0 Å². The van der Waals surface area contributed by atoms with E-state index in [9.17, 15) is 18.0 Å². The summed E-state index contributed by atoms with van der Waals surface area (Å²) in [5, 5.41) is 6.75. The van der Waals surface area contributed by atoms with Crippen molar-refractivity contribution in [3.63, 3.8) is 0 Å². The third-order valence-corrected chi connectivity index (χ3v) is 7.21. The zero-order valence-corrected chi connectivity index (χ0v) is 23.4. The number of alkyl carbamates (subject to hydrolysis) is 1. The molecule has 3 rings (SSSR count). The molecule has 3 aromatic carbocycles. The molecular formula is C31H36N2O5S. The van der Waals surface area contributed by atoms with Gasteiger partial charge in [-0.05, 0) is 56.9 Å². The van der Waals surface area contributed by atoms with Gasteiger partial charge in [-0.25, -0.2) is 13.2 Å². The van der Waals surface area contributed by atoms with Crippen LogP contribution in [0.25, 0.3) is 0 Å². The lowest BCUT2D eigenvalue weighted by molar-refractivity contribution is -0.123. The maximum Gasteiger partial charge on any atom is 0.408 e. The van der Waals surface area contributed by atoms with Gasteiger partial charge in [0.1, 0.15) is 11.6 Å². The number of nitrogens with one attached hydrogen (secondary N) is 2. The highest BCUT2D eigenvalue weighted by Gasteiger charge is 2.26. The standard InChI is InChI=1S/C31H36N2O5S/c1-31(2,3)38-30(35)33-28(23-25-15-9-5-10-16-25)29(34)32-26(20-19-24-13-7-4-8-14-24)21-22-39(36,37)27-17-11-6-12-18-27/h4-18,21-22,26,28H,19-20,23H2,1-3H3,(H,32,34)(H,33,35)/b22-21+/t26-,28+/m0/s1. The molecule has 0 bridgehead atoms. The molecule has 0 heterocycles. The molecule has 39 heavy (non-hydrogen) atoms.